The number of nitrogens with one attached hydrogen (secondary N) is 2. The Labute approximate surface area is 282 Å². The number of hydrogen-bond acceptors (Lipinski definition) is 9. The molecule has 0 aliphatic carbocycles. The van der Waals surface area contributed by atoms with E-state index in [4.69, 9.17) is 29.0 Å². The van der Waals surface area contributed by atoms with E-state index in [2.05, 4.69) is 39.9 Å². The van der Waals surface area contributed by atoms with Crippen molar-refractivity contribution in [3.05, 3.63) is 84.8 Å². The number of ether oxygens (including phenoxy) is 1. The van der Waals surface area contributed by atoms with Gasteiger partial charge in [0.05, 0.1) is 12.4 Å². The second-order valence-corrected chi connectivity index (χ2v) is 10.5. The van der Waals surface area contributed by atoms with Crippen LogP contribution in [-0.4, -0.2) is 82.8 Å². The maximum absolute atomic E-state index is 12.2. The number of allylic oxidation sites excluding steroid dienone is 4. The van der Waals surface area contributed by atoms with Gasteiger partial charge in [-0.2, -0.15) is 0 Å². The van der Waals surface area contributed by atoms with E-state index in [1.165, 1.54) is 0 Å². The fourth-order valence-electron chi connectivity index (χ4n) is 3.07. The van der Waals surface area contributed by atoms with Gasteiger partial charge in [-0.15, -0.1) is 22.0 Å². The minimum Gasteiger partial charge on any atom is -0.493 e. The van der Waals surface area contributed by atoms with Crippen LogP contribution < -0.4 is 15.4 Å². The highest BCUT2D eigenvalue weighted by Gasteiger charge is 2.11. The molecule has 3 aromatic rings. The molecule has 0 atom stereocenters. The summed E-state index contributed by atoms with van der Waals surface area (Å²) in [6.07, 6.45) is 10.2. The Bertz CT molecular complexity index is 1300. The number of hydrogen-bond donors (Lipinski definition) is 4. The summed E-state index contributed by atoms with van der Waals surface area (Å²) >= 11 is 1.68. The number of para-hydroxylation sites is 1. The van der Waals surface area contributed by atoms with Crippen molar-refractivity contribution < 1.29 is 33.8 Å². The van der Waals surface area contributed by atoms with Crippen LogP contribution in [0.4, 0.5) is 10.5 Å². The summed E-state index contributed by atoms with van der Waals surface area (Å²) in [6.45, 7) is 10.3. The molecular weight excluding hydrogens is 622 g/mol. The summed E-state index contributed by atoms with van der Waals surface area (Å²) in [4.78, 5) is 32.1. The van der Waals surface area contributed by atoms with Gasteiger partial charge in [0, 0.05) is 30.6 Å². The van der Waals surface area contributed by atoms with E-state index in [0.29, 0.717) is 36.4 Å². The van der Waals surface area contributed by atoms with Crippen LogP contribution in [0, 0.1) is 0 Å². The minimum absolute atomic E-state index is 0.137. The van der Waals surface area contributed by atoms with Crippen molar-refractivity contribution in [2.45, 2.75) is 46.3 Å². The zero-order valence-corrected chi connectivity index (χ0v) is 29.0. The van der Waals surface area contributed by atoms with E-state index >= 15 is 0 Å². The van der Waals surface area contributed by atoms with E-state index in [1.54, 1.807) is 23.7 Å². The van der Waals surface area contributed by atoms with Crippen molar-refractivity contribution in [2.75, 3.05) is 44.9 Å². The van der Waals surface area contributed by atoms with Crippen molar-refractivity contribution in [1.29, 1.82) is 0 Å². The Morgan fingerprint density at radius 2 is 1.60 bits per heavy atom. The molecule has 1 heterocycles. The van der Waals surface area contributed by atoms with Crippen LogP contribution in [0.2, 0.25) is 0 Å². The van der Waals surface area contributed by atoms with Crippen molar-refractivity contribution in [1.82, 2.24) is 20.4 Å². The van der Waals surface area contributed by atoms with Gasteiger partial charge in [-0.05, 0) is 83.6 Å². The molecule has 258 valence electrons. The largest absolute Gasteiger partial charge is 0.493 e. The molecule has 0 spiro atoms. The first-order valence-electron chi connectivity index (χ1n) is 15.1. The lowest BCUT2D eigenvalue weighted by Crippen LogP contribution is -2.33. The predicted octanol–water partition coefficient (Wildman–Crippen LogP) is 6.83. The molecule has 0 bridgehead atoms. The highest BCUT2D eigenvalue weighted by atomic mass is 32.2. The van der Waals surface area contributed by atoms with Gasteiger partial charge in [0.15, 0.2) is 0 Å². The van der Waals surface area contributed by atoms with E-state index in [0.717, 1.165) is 36.5 Å². The van der Waals surface area contributed by atoms with E-state index in [-0.39, 0.29) is 6.03 Å². The molecule has 3 rings (SSSR count). The van der Waals surface area contributed by atoms with Crippen molar-refractivity contribution in [3.63, 3.8) is 0 Å². The summed E-state index contributed by atoms with van der Waals surface area (Å²) in [5.74, 6) is -0.296. The van der Waals surface area contributed by atoms with Crippen LogP contribution in [0.1, 0.15) is 46.4 Å². The molecule has 0 radical (unpaired) electrons. The van der Waals surface area contributed by atoms with Crippen molar-refractivity contribution in [2.24, 2.45) is 0 Å². The number of urea groups is 1. The Kier molecular flexibility index (Phi) is 25.0. The first-order chi connectivity index (χ1) is 22.6. The number of rotatable bonds is 13. The molecule has 4 N–H and O–H groups in total. The number of anilines is 1. The van der Waals surface area contributed by atoms with Gasteiger partial charge in [0.1, 0.15) is 5.75 Å². The third-order valence-electron chi connectivity index (χ3n) is 5.57. The maximum atomic E-state index is 12.2. The lowest BCUT2D eigenvalue weighted by Gasteiger charge is -2.17. The van der Waals surface area contributed by atoms with Gasteiger partial charge >= 0.3 is 18.0 Å². The number of aliphatic carboxylic acids is 2. The van der Waals surface area contributed by atoms with Gasteiger partial charge in [-0.3, -0.25) is 0 Å². The molecule has 12 nitrogen and oxygen atoms in total. The summed E-state index contributed by atoms with van der Waals surface area (Å²) in [7, 11) is 3.68. The molecule has 2 aromatic carbocycles. The minimum atomic E-state index is -1.82. The first kappa shape index (κ1) is 42.4. The fraction of sp³-hybridized carbons (Fsp3) is 0.382. The predicted molar refractivity (Wildman–Crippen MR) is 189 cm³/mol. The second-order valence-electron chi connectivity index (χ2n) is 9.36. The third-order valence-corrected chi connectivity index (χ3v) is 6.48. The summed E-state index contributed by atoms with van der Waals surface area (Å²) in [5, 5.41) is 29.0. The highest BCUT2D eigenvalue weighted by molar-refractivity contribution is 7.98. The Morgan fingerprint density at radius 1 is 0.957 bits per heavy atom. The van der Waals surface area contributed by atoms with Gasteiger partial charge in [-0.25, -0.2) is 14.4 Å². The summed E-state index contributed by atoms with van der Waals surface area (Å²) in [6, 6.07) is 17.0. The Hall–Kier alpha value is -4.62. The molecule has 13 heteroatoms. The summed E-state index contributed by atoms with van der Waals surface area (Å²) in [5.41, 5.74) is 1.52. The Morgan fingerprint density at radius 3 is 2.11 bits per heavy atom. The first-order valence-corrected chi connectivity index (χ1v) is 16.3. The number of nitrogens with zero attached hydrogens (tertiary/aromatic N) is 3. The van der Waals surface area contributed by atoms with E-state index in [1.807, 2.05) is 94.6 Å². The maximum Gasteiger partial charge on any atom is 0.414 e. The van der Waals surface area contributed by atoms with Crippen LogP contribution in [0.15, 0.2) is 83.3 Å². The van der Waals surface area contributed by atoms with Crippen molar-refractivity contribution in [3.8, 4) is 17.2 Å². The third kappa shape index (κ3) is 21.7. The lowest BCUT2D eigenvalue weighted by molar-refractivity contribution is -0.159. The van der Waals surface area contributed by atoms with Gasteiger partial charge in [-0.1, -0.05) is 49.4 Å². The van der Waals surface area contributed by atoms with Gasteiger partial charge in [0.2, 0.25) is 11.8 Å². The number of benzene rings is 2. The molecule has 0 aliphatic rings. The van der Waals surface area contributed by atoms with E-state index in [9.17, 15) is 4.79 Å². The molecule has 0 saturated carbocycles. The van der Waals surface area contributed by atoms with Crippen LogP contribution in [0.5, 0.6) is 5.75 Å². The molecule has 1 aromatic heterocycles. The number of thioether (sulfide) groups is 1. The van der Waals surface area contributed by atoms with Crippen molar-refractivity contribution >= 4 is 35.4 Å². The average molecular weight is 672 g/mol. The molecule has 0 aliphatic heterocycles. The van der Waals surface area contributed by atoms with Crippen LogP contribution >= 0.6 is 11.8 Å². The number of carboxylic acids is 2. The number of carbonyl (C=O) groups is 3. The quantitative estimate of drug-likeness (QED) is 0.0854. The fourth-order valence-corrected chi connectivity index (χ4v) is 3.71. The smallest absolute Gasteiger partial charge is 0.414 e. The second kappa shape index (κ2) is 27.7. The topological polar surface area (TPSA) is 167 Å². The molecule has 2 amide bonds. The van der Waals surface area contributed by atoms with E-state index < -0.39 is 11.9 Å². The number of carbonyl (C=O) groups excluding carboxylic acids is 1. The zero-order chi connectivity index (χ0) is 35.3. The standard InChI is InChI=1S/C23H29N5O3S.C5H10.C4H8.C2H2O4/c1-24-13-6-14-28(2)23(29)25-19-11-9-18(10-12-19)22-27-26-21(31-22)17-32-16-15-30-20-7-4-3-5-8-20;1-3-5-4-2;1-3-4-2;3-1(4)2(5)6/h3-5,7-12,24H,6,13-17H2,1-2H3,(H,25,29);3,5H,4H2,1-2H3;3-4H,1-2H3;(H,3,4)(H,5,6)/b;5-3+;4-3-;. The number of carboxylic acid groups (broad SMARTS) is 2. The van der Waals surface area contributed by atoms with Crippen LogP contribution in [-0.2, 0) is 15.3 Å². The molecule has 0 fully saturated rings. The highest BCUT2D eigenvalue weighted by Crippen LogP contribution is 2.22. The molecule has 0 unspecified atom stereocenters. The molecular formula is C34H49N5O7S. The monoisotopic (exact) mass is 671 g/mol. The molecule has 47 heavy (non-hydrogen) atoms. The lowest BCUT2D eigenvalue weighted by atomic mass is 10.2. The average Bonchev–Trinajstić information content (AvgIpc) is 3.55. The SMILES string of the molecule is C/C=C/CC.C/C=C\C.CNCCCN(C)C(=O)Nc1ccc(-c2nnc(CSCCOc3ccccc3)o2)cc1.O=C(O)C(=O)O. The van der Waals surface area contributed by atoms with Gasteiger partial charge < -0.3 is 34.9 Å². The number of amides is 2. The summed E-state index contributed by atoms with van der Waals surface area (Å²) < 4.78 is 11.4. The van der Waals surface area contributed by atoms with Crippen LogP contribution in [0.25, 0.3) is 11.5 Å². The normalized spacial score (nSPS) is 10.1. The van der Waals surface area contributed by atoms with Gasteiger partial charge in [0.25, 0.3) is 0 Å². The Balaban J connectivity index is 0.00000117. The molecule has 0 saturated heterocycles. The number of aromatic nitrogens is 2. The zero-order valence-electron chi connectivity index (χ0n) is 28.1. The van der Waals surface area contributed by atoms with Crippen LogP contribution in [0.3, 0.4) is 0 Å².